The second kappa shape index (κ2) is 12.1. The van der Waals surface area contributed by atoms with E-state index in [0.717, 1.165) is 6.92 Å². The summed E-state index contributed by atoms with van der Waals surface area (Å²) in [5.41, 5.74) is 0. The maximum absolute atomic E-state index is 11.7. The minimum atomic E-state index is -4.64. The SMILES string of the molecule is CCC(=O)OCC(COC(=O)CCCCC(C)(O)P(=O)(O)O)OC(=O)CC. The average molecular weight is 412 g/mol. The van der Waals surface area contributed by atoms with Gasteiger partial charge in [0.2, 0.25) is 0 Å². The topological polar surface area (TPSA) is 157 Å². The summed E-state index contributed by atoms with van der Waals surface area (Å²) in [7, 11) is -4.64. The molecule has 0 aromatic rings. The zero-order valence-corrected chi connectivity index (χ0v) is 16.8. The summed E-state index contributed by atoms with van der Waals surface area (Å²) in [6.45, 7) is 3.74. The van der Waals surface area contributed by atoms with Crippen molar-refractivity contribution < 1.29 is 48.1 Å². The van der Waals surface area contributed by atoms with E-state index < -0.39 is 36.9 Å². The molecule has 0 aromatic carbocycles. The maximum atomic E-state index is 11.7. The third kappa shape index (κ3) is 11.1. The molecule has 3 N–H and O–H groups in total. The van der Waals surface area contributed by atoms with Crippen LogP contribution in [0.25, 0.3) is 0 Å². The Balaban J connectivity index is 4.29. The maximum Gasteiger partial charge on any atom is 0.356 e. The summed E-state index contributed by atoms with van der Waals surface area (Å²) < 4.78 is 26.0. The molecule has 0 aliphatic carbocycles. The monoisotopic (exact) mass is 412 g/mol. The number of unbranched alkanes of at least 4 members (excludes halogenated alkanes) is 1. The molecule has 2 unspecified atom stereocenters. The number of hydrogen-bond donors (Lipinski definition) is 3. The summed E-state index contributed by atoms with van der Waals surface area (Å²) >= 11 is 0. The van der Waals surface area contributed by atoms with E-state index >= 15 is 0 Å². The first kappa shape index (κ1) is 25.5. The van der Waals surface area contributed by atoms with E-state index in [4.69, 9.17) is 24.0 Å². The van der Waals surface area contributed by atoms with Gasteiger partial charge in [-0.05, 0) is 26.2 Å². The summed E-state index contributed by atoms with van der Waals surface area (Å²) in [5, 5.41) is 7.52. The van der Waals surface area contributed by atoms with Crippen LogP contribution < -0.4 is 0 Å². The van der Waals surface area contributed by atoms with Gasteiger partial charge in [0.15, 0.2) is 11.4 Å². The van der Waals surface area contributed by atoms with Gasteiger partial charge in [-0.15, -0.1) is 0 Å². The molecule has 10 nitrogen and oxygen atoms in total. The Morgan fingerprint density at radius 3 is 1.96 bits per heavy atom. The minimum Gasteiger partial charge on any atom is -0.462 e. The van der Waals surface area contributed by atoms with Crippen LogP contribution in [0, 0.1) is 0 Å². The first-order chi connectivity index (χ1) is 12.4. The van der Waals surface area contributed by atoms with Gasteiger partial charge in [-0.2, -0.15) is 0 Å². The van der Waals surface area contributed by atoms with Crippen LogP contribution in [0.4, 0.5) is 0 Å². The van der Waals surface area contributed by atoms with Crippen molar-refractivity contribution in [2.24, 2.45) is 0 Å². The fourth-order valence-electron chi connectivity index (χ4n) is 1.81. The Morgan fingerprint density at radius 1 is 0.963 bits per heavy atom. The number of carbonyl (C=O) groups excluding carboxylic acids is 3. The number of aliphatic hydroxyl groups is 1. The minimum absolute atomic E-state index is 0.0412. The molecule has 0 amide bonds. The molecule has 0 fully saturated rings. The van der Waals surface area contributed by atoms with Gasteiger partial charge in [-0.3, -0.25) is 18.9 Å². The lowest BCUT2D eigenvalue weighted by Crippen LogP contribution is -2.30. The second-order valence-corrected chi connectivity index (χ2v) is 8.20. The molecule has 0 rings (SSSR count). The van der Waals surface area contributed by atoms with E-state index in [1.807, 2.05) is 0 Å². The third-order valence-electron chi connectivity index (χ3n) is 3.64. The number of carbonyl (C=O) groups is 3. The number of rotatable bonds is 13. The highest BCUT2D eigenvalue weighted by atomic mass is 31.2. The molecular weight excluding hydrogens is 383 g/mol. The van der Waals surface area contributed by atoms with Crippen LogP contribution in [0.15, 0.2) is 0 Å². The van der Waals surface area contributed by atoms with Crippen LogP contribution in [0.5, 0.6) is 0 Å². The Bertz CT molecular complexity index is 539. The van der Waals surface area contributed by atoms with E-state index in [1.54, 1.807) is 13.8 Å². The van der Waals surface area contributed by atoms with Crippen molar-refractivity contribution in [3.05, 3.63) is 0 Å². The van der Waals surface area contributed by atoms with Crippen LogP contribution in [0.1, 0.15) is 59.3 Å². The molecule has 0 radical (unpaired) electrons. The van der Waals surface area contributed by atoms with E-state index in [0.29, 0.717) is 0 Å². The fourth-order valence-corrected chi connectivity index (χ4v) is 2.26. The van der Waals surface area contributed by atoms with Gasteiger partial charge in [-0.1, -0.05) is 13.8 Å². The molecular formula is C16H29O10P. The Hall–Kier alpha value is -1.48. The van der Waals surface area contributed by atoms with Crippen LogP contribution in [0.2, 0.25) is 0 Å². The van der Waals surface area contributed by atoms with Gasteiger partial charge in [-0.25, -0.2) is 0 Å². The summed E-state index contributed by atoms with van der Waals surface area (Å²) in [6, 6.07) is 0. The number of hydrogen-bond acceptors (Lipinski definition) is 8. The molecule has 158 valence electrons. The predicted molar refractivity (Wildman–Crippen MR) is 93.5 cm³/mol. The quantitative estimate of drug-likeness (QED) is 0.174. The highest BCUT2D eigenvalue weighted by Crippen LogP contribution is 2.50. The Labute approximate surface area is 158 Å². The molecule has 0 aromatic heterocycles. The molecule has 27 heavy (non-hydrogen) atoms. The molecule has 2 atom stereocenters. The summed E-state index contributed by atoms with van der Waals surface area (Å²) in [5.74, 6) is -1.61. The first-order valence-corrected chi connectivity index (χ1v) is 10.3. The highest BCUT2D eigenvalue weighted by Gasteiger charge is 2.39. The molecule has 0 aliphatic rings. The Morgan fingerprint density at radius 2 is 1.48 bits per heavy atom. The van der Waals surface area contributed by atoms with Crippen molar-refractivity contribution in [1.29, 1.82) is 0 Å². The van der Waals surface area contributed by atoms with E-state index in [9.17, 15) is 24.1 Å². The average Bonchev–Trinajstić information content (AvgIpc) is 2.59. The standard InChI is InChI=1S/C16H29O10P/c1-4-13(17)24-10-12(26-14(18)5-2)11-25-15(19)8-6-7-9-16(3,20)27(21,22)23/h12,20H,4-11H2,1-3H3,(H2,21,22,23). The third-order valence-corrected chi connectivity index (χ3v) is 5.12. The summed E-state index contributed by atoms with van der Waals surface area (Å²) in [4.78, 5) is 52.3. The van der Waals surface area contributed by atoms with Crippen LogP contribution in [0.3, 0.4) is 0 Å². The van der Waals surface area contributed by atoms with Gasteiger partial charge in [0.25, 0.3) is 0 Å². The zero-order valence-electron chi connectivity index (χ0n) is 15.9. The van der Waals surface area contributed by atoms with Gasteiger partial charge in [0.1, 0.15) is 13.2 Å². The lowest BCUT2D eigenvalue weighted by Gasteiger charge is -2.24. The normalized spacial score (nSPS) is 14.7. The zero-order chi connectivity index (χ0) is 21.1. The van der Waals surface area contributed by atoms with E-state index in [-0.39, 0.29) is 51.7 Å². The number of ether oxygens (including phenoxy) is 3. The molecule has 0 heterocycles. The lowest BCUT2D eigenvalue weighted by molar-refractivity contribution is -0.166. The first-order valence-electron chi connectivity index (χ1n) is 8.71. The van der Waals surface area contributed by atoms with Crippen LogP contribution in [-0.4, -0.2) is 57.5 Å². The molecule has 0 bridgehead atoms. The lowest BCUT2D eigenvalue weighted by atomic mass is 10.1. The van der Waals surface area contributed by atoms with Gasteiger partial charge in [0, 0.05) is 19.3 Å². The second-order valence-electron chi connectivity index (χ2n) is 6.15. The van der Waals surface area contributed by atoms with Crippen LogP contribution >= 0.6 is 7.60 Å². The van der Waals surface area contributed by atoms with Crippen molar-refractivity contribution in [2.75, 3.05) is 13.2 Å². The van der Waals surface area contributed by atoms with E-state index in [2.05, 4.69) is 0 Å². The fraction of sp³-hybridized carbons (Fsp3) is 0.812. The van der Waals surface area contributed by atoms with Gasteiger partial charge >= 0.3 is 25.5 Å². The molecule has 0 saturated heterocycles. The molecule has 0 aliphatic heterocycles. The van der Waals surface area contributed by atoms with Crippen LogP contribution in [-0.2, 0) is 33.2 Å². The highest BCUT2D eigenvalue weighted by molar-refractivity contribution is 7.53. The van der Waals surface area contributed by atoms with Crippen molar-refractivity contribution in [3.8, 4) is 0 Å². The van der Waals surface area contributed by atoms with Crippen molar-refractivity contribution >= 4 is 25.5 Å². The van der Waals surface area contributed by atoms with Gasteiger partial charge in [0.05, 0.1) is 0 Å². The summed E-state index contributed by atoms with van der Waals surface area (Å²) in [6.07, 6.45) is -0.394. The molecule has 0 spiro atoms. The number of esters is 3. The largest absolute Gasteiger partial charge is 0.462 e. The van der Waals surface area contributed by atoms with Crippen molar-refractivity contribution in [2.45, 2.75) is 70.7 Å². The van der Waals surface area contributed by atoms with Crippen molar-refractivity contribution in [3.63, 3.8) is 0 Å². The predicted octanol–water partition coefficient (Wildman–Crippen LogP) is 1.25. The molecule has 11 heteroatoms. The van der Waals surface area contributed by atoms with Crippen molar-refractivity contribution in [1.82, 2.24) is 0 Å². The Kier molecular flexibility index (Phi) is 11.4. The molecule has 0 saturated carbocycles. The van der Waals surface area contributed by atoms with Gasteiger partial charge < -0.3 is 29.1 Å². The van der Waals surface area contributed by atoms with E-state index in [1.165, 1.54) is 0 Å². The smallest absolute Gasteiger partial charge is 0.356 e.